The highest BCUT2D eigenvalue weighted by atomic mass is 35.5. The van der Waals surface area contributed by atoms with Crippen molar-refractivity contribution in [3.8, 4) is 5.75 Å². The summed E-state index contributed by atoms with van der Waals surface area (Å²) in [5, 5.41) is 13.8. The third-order valence-corrected chi connectivity index (χ3v) is 4.62. The zero-order chi connectivity index (χ0) is 22.7. The molecule has 0 saturated heterocycles. The fraction of sp³-hybridized carbons (Fsp3) is 0.250. The number of imidazole rings is 1. The lowest BCUT2D eigenvalue weighted by Crippen LogP contribution is -2.41. The van der Waals surface area contributed by atoms with Crippen LogP contribution < -0.4 is 15.4 Å². The van der Waals surface area contributed by atoms with E-state index in [0.717, 1.165) is 12.1 Å². The van der Waals surface area contributed by atoms with Crippen LogP contribution in [0, 0.1) is 18.6 Å². The number of amides is 2. The van der Waals surface area contributed by atoms with Crippen molar-refractivity contribution in [1.82, 2.24) is 20.0 Å². The van der Waals surface area contributed by atoms with Crippen molar-refractivity contribution in [2.45, 2.75) is 26.5 Å². The van der Waals surface area contributed by atoms with E-state index in [1.165, 1.54) is 22.7 Å². The van der Waals surface area contributed by atoms with Crippen LogP contribution >= 0.6 is 11.6 Å². The van der Waals surface area contributed by atoms with Gasteiger partial charge in [-0.2, -0.15) is 0 Å². The number of hydrogen-bond donors (Lipinski definition) is 3. The van der Waals surface area contributed by atoms with E-state index in [1.54, 1.807) is 13.8 Å². The van der Waals surface area contributed by atoms with Crippen LogP contribution in [-0.4, -0.2) is 39.1 Å². The second-order valence-electron chi connectivity index (χ2n) is 6.81. The lowest BCUT2D eigenvalue weighted by Gasteiger charge is -2.13. The zero-order valence-corrected chi connectivity index (χ0v) is 17.3. The number of rotatable bonds is 7. The van der Waals surface area contributed by atoms with Gasteiger partial charge in [0.25, 0.3) is 5.91 Å². The minimum absolute atomic E-state index is 0.0499. The van der Waals surface area contributed by atoms with Crippen LogP contribution in [0.1, 0.15) is 28.7 Å². The maximum atomic E-state index is 13.9. The highest BCUT2D eigenvalue weighted by molar-refractivity contribution is 6.30. The summed E-state index contributed by atoms with van der Waals surface area (Å²) in [7, 11) is 0. The molecule has 3 aromatic rings. The summed E-state index contributed by atoms with van der Waals surface area (Å²) in [5.41, 5.74) is 0.518. The third kappa shape index (κ3) is 5.02. The molecular formula is C20H19ClF2N4O4. The summed E-state index contributed by atoms with van der Waals surface area (Å²) < 4.78 is 34.8. The number of nitrogens with zero attached hydrogens (tertiary/aromatic N) is 2. The molecule has 0 radical (unpaired) electrons. The molecule has 1 aromatic carbocycles. The lowest BCUT2D eigenvalue weighted by atomic mass is 10.2. The Kier molecular flexibility index (Phi) is 6.59. The smallest absolute Gasteiger partial charge is 0.404 e. The van der Waals surface area contributed by atoms with E-state index in [-0.39, 0.29) is 34.2 Å². The molecule has 31 heavy (non-hydrogen) atoms. The first kappa shape index (κ1) is 22.3. The van der Waals surface area contributed by atoms with Crippen LogP contribution in [0.3, 0.4) is 0 Å². The van der Waals surface area contributed by atoms with Gasteiger partial charge in [-0.15, -0.1) is 0 Å². The van der Waals surface area contributed by atoms with Crippen LogP contribution in [0.15, 0.2) is 30.5 Å². The first-order valence-corrected chi connectivity index (χ1v) is 9.56. The molecule has 0 aliphatic rings. The van der Waals surface area contributed by atoms with Crippen molar-refractivity contribution in [2.75, 3.05) is 6.54 Å². The van der Waals surface area contributed by atoms with E-state index in [4.69, 9.17) is 21.4 Å². The topological polar surface area (TPSA) is 105 Å². The second-order valence-corrected chi connectivity index (χ2v) is 7.25. The largest absolute Gasteiger partial charge is 0.485 e. The molecule has 0 aliphatic carbocycles. The highest BCUT2D eigenvalue weighted by Crippen LogP contribution is 2.28. The number of ether oxygens (including phenoxy) is 1. The molecule has 8 nitrogen and oxygen atoms in total. The summed E-state index contributed by atoms with van der Waals surface area (Å²) >= 11 is 6.16. The van der Waals surface area contributed by atoms with Gasteiger partial charge in [0.15, 0.2) is 11.4 Å². The number of aryl methyl sites for hydroxylation is 1. The van der Waals surface area contributed by atoms with Gasteiger partial charge in [-0.25, -0.2) is 18.6 Å². The first-order valence-electron chi connectivity index (χ1n) is 9.19. The number of aromatic nitrogens is 2. The Morgan fingerprint density at radius 1 is 1.32 bits per heavy atom. The van der Waals surface area contributed by atoms with Gasteiger partial charge in [0.1, 0.15) is 23.9 Å². The summed E-state index contributed by atoms with van der Waals surface area (Å²) in [6, 6.07) is 4.42. The monoisotopic (exact) mass is 452 g/mol. The molecule has 164 valence electrons. The number of pyridine rings is 1. The molecule has 11 heteroatoms. The van der Waals surface area contributed by atoms with Crippen molar-refractivity contribution in [2.24, 2.45) is 0 Å². The van der Waals surface area contributed by atoms with Crippen LogP contribution in [0.4, 0.5) is 13.6 Å². The number of nitrogens with one attached hydrogen (secondary N) is 2. The maximum absolute atomic E-state index is 13.9. The Morgan fingerprint density at radius 3 is 2.65 bits per heavy atom. The summed E-state index contributed by atoms with van der Waals surface area (Å²) in [5.74, 6) is -1.86. The fourth-order valence-electron chi connectivity index (χ4n) is 2.99. The summed E-state index contributed by atoms with van der Waals surface area (Å²) in [6.45, 7) is 2.85. The molecular weight excluding hydrogens is 434 g/mol. The standard InChI is InChI=1S/C20H19ClF2N4O4/c1-10(25-20(29)30)7-24-19(28)17-11(2)26-18-16(6-12(21)8-27(17)18)31-9-13-14(22)4-3-5-15(13)23/h3-6,8,10,25H,7,9H2,1-2H3,(H,24,28)(H,29,30). The fourth-order valence-corrected chi connectivity index (χ4v) is 3.18. The van der Waals surface area contributed by atoms with Gasteiger partial charge in [-0.05, 0) is 26.0 Å². The second kappa shape index (κ2) is 9.17. The van der Waals surface area contributed by atoms with E-state index < -0.39 is 36.3 Å². The molecule has 1 atom stereocenters. The number of fused-ring (bicyclic) bond motifs is 1. The van der Waals surface area contributed by atoms with Crippen LogP contribution in [0.2, 0.25) is 5.02 Å². The Labute approximate surface area is 180 Å². The van der Waals surface area contributed by atoms with Crippen molar-refractivity contribution >= 4 is 29.2 Å². The molecule has 0 bridgehead atoms. The Morgan fingerprint density at radius 2 is 2.00 bits per heavy atom. The van der Waals surface area contributed by atoms with Crippen molar-refractivity contribution < 1.29 is 28.2 Å². The van der Waals surface area contributed by atoms with Crippen LogP contribution in [0.5, 0.6) is 5.75 Å². The minimum Gasteiger partial charge on any atom is -0.485 e. The van der Waals surface area contributed by atoms with Gasteiger partial charge in [-0.1, -0.05) is 17.7 Å². The summed E-state index contributed by atoms with van der Waals surface area (Å²) in [4.78, 5) is 27.7. The lowest BCUT2D eigenvalue weighted by molar-refractivity contribution is 0.0942. The Hall–Kier alpha value is -3.40. The van der Waals surface area contributed by atoms with Crippen molar-refractivity contribution in [3.63, 3.8) is 0 Å². The molecule has 2 aromatic heterocycles. The summed E-state index contributed by atoms with van der Waals surface area (Å²) in [6.07, 6.45) is 0.258. The van der Waals surface area contributed by atoms with Gasteiger partial charge in [0, 0.05) is 24.8 Å². The van der Waals surface area contributed by atoms with Gasteiger partial charge in [-0.3, -0.25) is 9.20 Å². The van der Waals surface area contributed by atoms with Crippen LogP contribution in [-0.2, 0) is 6.61 Å². The maximum Gasteiger partial charge on any atom is 0.404 e. The SMILES string of the molecule is Cc1nc2c(OCc3c(F)cccc3F)cc(Cl)cn2c1C(=O)NCC(C)NC(=O)O. The molecule has 2 heterocycles. The quantitative estimate of drug-likeness (QED) is 0.508. The molecule has 0 saturated carbocycles. The van der Waals surface area contributed by atoms with E-state index >= 15 is 0 Å². The number of halogens is 3. The molecule has 2 amide bonds. The molecule has 0 spiro atoms. The van der Waals surface area contributed by atoms with E-state index in [0.29, 0.717) is 5.69 Å². The predicted octanol–water partition coefficient (Wildman–Crippen LogP) is 3.54. The molecule has 3 rings (SSSR count). The molecule has 0 aliphatic heterocycles. The Bertz CT molecular complexity index is 1130. The number of benzene rings is 1. The van der Waals surface area contributed by atoms with Gasteiger partial charge >= 0.3 is 6.09 Å². The average Bonchev–Trinajstić information content (AvgIpc) is 3.01. The highest BCUT2D eigenvalue weighted by Gasteiger charge is 2.21. The zero-order valence-electron chi connectivity index (χ0n) is 16.6. The number of hydrogen-bond acceptors (Lipinski definition) is 4. The number of carbonyl (C=O) groups is 2. The van der Waals surface area contributed by atoms with Crippen molar-refractivity contribution in [3.05, 3.63) is 64.1 Å². The number of carboxylic acid groups (broad SMARTS) is 1. The van der Waals surface area contributed by atoms with Gasteiger partial charge in [0.05, 0.1) is 16.3 Å². The molecule has 1 unspecified atom stereocenters. The average molecular weight is 453 g/mol. The van der Waals surface area contributed by atoms with Crippen LogP contribution in [0.25, 0.3) is 5.65 Å². The first-order chi connectivity index (χ1) is 14.7. The van der Waals surface area contributed by atoms with Gasteiger partial charge < -0.3 is 20.5 Å². The predicted molar refractivity (Wildman–Crippen MR) is 109 cm³/mol. The van der Waals surface area contributed by atoms with E-state index in [1.807, 2.05) is 0 Å². The third-order valence-electron chi connectivity index (χ3n) is 4.41. The van der Waals surface area contributed by atoms with Crippen molar-refractivity contribution in [1.29, 1.82) is 0 Å². The van der Waals surface area contributed by atoms with E-state index in [2.05, 4.69) is 15.6 Å². The Balaban J connectivity index is 1.87. The molecule has 3 N–H and O–H groups in total. The van der Waals surface area contributed by atoms with Gasteiger partial charge in [0.2, 0.25) is 0 Å². The normalized spacial score (nSPS) is 11.9. The molecule has 0 fully saturated rings. The minimum atomic E-state index is -1.20. The van der Waals surface area contributed by atoms with E-state index in [9.17, 15) is 18.4 Å². The number of carbonyl (C=O) groups excluding carboxylic acids is 1.